The number of carbonyl (C=O) groups excluding carboxylic acids is 1. The number of allylic oxidation sites excluding steroid dienone is 2. The Bertz CT molecular complexity index is 461. The van der Waals surface area contributed by atoms with Gasteiger partial charge in [-0.2, -0.15) is 0 Å². The van der Waals surface area contributed by atoms with E-state index in [9.17, 15) is 4.79 Å². The summed E-state index contributed by atoms with van der Waals surface area (Å²) in [6, 6.07) is 8.79. The number of esters is 1. The van der Waals surface area contributed by atoms with Crippen LogP contribution in [0.3, 0.4) is 0 Å². The molecule has 0 amide bonds. The van der Waals surface area contributed by atoms with Crippen molar-refractivity contribution in [3.8, 4) is 0 Å². The predicted molar refractivity (Wildman–Crippen MR) is 87.9 cm³/mol. The fraction of sp³-hybridized carbons (Fsp3) is 0.500. The molecule has 1 rings (SSSR count). The summed E-state index contributed by atoms with van der Waals surface area (Å²) < 4.78 is 4.62. The first-order valence-corrected chi connectivity index (χ1v) is 7.61. The summed E-state index contributed by atoms with van der Waals surface area (Å²) >= 11 is 0. The highest BCUT2D eigenvalue weighted by Crippen LogP contribution is 2.17. The predicted octanol–water partition coefficient (Wildman–Crippen LogP) is 3.71. The summed E-state index contributed by atoms with van der Waals surface area (Å²) in [7, 11) is 1.43. The largest absolute Gasteiger partial charge is 0.469 e. The van der Waals surface area contributed by atoms with Crippen LogP contribution in [0.15, 0.2) is 30.3 Å². The van der Waals surface area contributed by atoms with Gasteiger partial charge in [0, 0.05) is 12.5 Å². The molecule has 0 aromatic heterocycles. The molecule has 0 saturated heterocycles. The van der Waals surface area contributed by atoms with Crippen molar-refractivity contribution in [2.24, 2.45) is 5.73 Å². The van der Waals surface area contributed by atoms with Crippen molar-refractivity contribution in [2.75, 3.05) is 7.11 Å². The fourth-order valence-corrected chi connectivity index (χ4v) is 2.23. The van der Waals surface area contributed by atoms with Crippen LogP contribution in [0.2, 0.25) is 0 Å². The molecule has 21 heavy (non-hydrogen) atoms. The van der Waals surface area contributed by atoms with Gasteiger partial charge in [-0.15, -0.1) is 0 Å². The van der Waals surface area contributed by atoms with Crippen LogP contribution in [0.25, 0.3) is 5.57 Å². The normalized spacial score (nSPS) is 13.0. The molecule has 1 aromatic rings. The lowest BCUT2D eigenvalue weighted by atomic mass is 10.0. The summed E-state index contributed by atoms with van der Waals surface area (Å²) in [4.78, 5) is 11.0. The van der Waals surface area contributed by atoms with E-state index < -0.39 is 0 Å². The number of unbranched alkanes of at least 4 members (excludes halogenated alkanes) is 2. The van der Waals surface area contributed by atoms with Crippen molar-refractivity contribution in [3.63, 3.8) is 0 Å². The molecule has 0 heterocycles. The number of methoxy groups -OCH3 is 1. The first kappa shape index (κ1) is 17.4. The number of nitrogens with two attached hydrogens (primary N) is 1. The minimum atomic E-state index is -0.125. The Morgan fingerprint density at radius 3 is 2.52 bits per heavy atom. The van der Waals surface area contributed by atoms with Gasteiger partial charge >= 0.3 is 5.97 Å². The van der Waals surface area contributed by atoms with Crippen LogP contribution in [0.4, 0.5) is 0 Å². The molecule has 1 atom stereocenters. The van der Waals surface area contributed by atoms with Gasteiger partial charge in [0.25, 0.3) is 0 Å². The van der Waals surface area contributed by atoms with Crippen LogP contribution in [0.1, 0.15) is 50.7 Å². The second kappa shape index (κ2) is 9.35. The lowest BCUT2D eigenvalue weighted by Gasteiger charge is -2.07. The second-order valence-corrected chi connectivity index (χ2v) is 5.59. The average Bonchev–Trinajstić information content (AvgIpc) is 2.46. The standard InChI is InChI=1S/C18H27NO2/c1-14(7-5-4-6-8-18(20)21-3)17-11-9-16(10-12-17)13-15(2)19/h7,9-12,15H,4-6,8,13,19H2,1-3H3. The summed E-state index contributed by atoms with van der Waals surface area (Å²) in [5, 5.41) is 0. The summed E-state index contributed by atoms with van der Waals surface area (Å²) in [6.07, 6.45) is 6.53. The van der Waals surface area contributed by atoms with Crippen LogP contribution in [-0.4, -0.2) is 19.1 Å². The molecule has 0 aliphatic carbocycles. The zero-order valence-corrected chi connectivity index (χ0v) is 13.4. The maximum absolute atomic E-state index is 11.0. The van der Waals surface area contributed by atoms with Crippen molar-refractivity contribution in [1.29, 1.82) is 0 Å². The highest BCUT2D eigenvalue weighted by molar-refractivity contribution is 5.69. The van der Waals surface area contributed by atoms with Crippen LogP contribution >= 0.6 is 0 Å². The van der Waals surface area contributed by atoms with Gasteiger partial charge in [0.2, 0.25) is 0 Å². The van der Waals surface area contributed by atoms with E-state index in [0.29, 0.717) is 6.42 Å². The number of ether oxygens (including phenoxy) is 1. The van der Waals surface area contributed by atoms with E-state index in [1.165, 1.54) is 23.8 Å². The Morgan fingerprint density at radius 1 is 1.29 bits per heavy atom. The first-order chi connectivity index (χ1) is 10.0. The molecular formula is C18H27NO2. The Kier molecular flexibility index (Phi) is 7.76. The van der Waals surface area contributed by atoms with E-state index in [4.69, 9.17) is 5.73 Å². The Morgan fingerprint density at radius 2 is 1.95 bits per heavy atom. The van der Waals surface area contributed by atoms with E-state index in [1.54, 1.807) is 0 Å². The molecule has 1 aromatic carbocycles. The second-order valence-electron chi connectivity index (χ2n) is 5.59. The number of hydrogen-bond donors (Lipinski definition) is 1. The van der Waals surface area contributed by atoms with Gasteiger partial charge in [0.1, 0.15) is 0 Å². The third kappa shape index (κ3) is 7.09. The highest BCUT2D eigenvalue weighted by atomic mass is 16.5. The monoisotopic (exact) mass is 289 g/mol. The van der Waals surface area contributed by atoms with Gasteiger partial charge in [-0.05, 0) is 56.2 Å². The van der Waals surface area contributed by atoms with Crippen molar-refractivity contribution in [2.45, 2.75) is 52.0 Å². The molecule has 0 fully saturated rings. The topological polar surface area (TPSA) is 52.3 Å². The van der Waals surface area contributed by atoms with Crippen molar-refractivity contribution < 1.29 is 9.53 Å². The van der Waals surface area contributed by atoms with E-state index in [0.717, 1.165) is 25.7 Å². The lowest BCUT2D eigenvalue weighted by molar-refractivity contribution is -0.140. The lowest BCUT2D eigenvalue weighted by Crippen LogP contribution is -2.17. The van der Waals surface area contributed by atoms with E-state index in [-0.39, 0.29) is 12.0 Å². The minimum absolute atomic E-state index is 0.125. The van der Waals surface area contributed by atoms with Crippen LogP contribution < -0.4 is 5.73 Å². The average molecular weight is 289 g/mol. The summed E-state index contributed by atoms with van der Waals surface area (Å²) in [6.45, 7) is 4.15. The molecule has 1 unspecified atom stereocenters. The molecular weight excluding hydrogens is 262 g/mol. The number of benzene rings is 1. The fourth-order valence-electron chi connectivity index (χ4n) is 2.23. The smallest absolute Gasteiger partial charge is 0.305 e. The molecule has 116 valence electrons. The molecule has 0 aliphatic rings. The van der Waals surface area contributed by atoms with Crippen molar-refractivity contribution in [1.82, 2.24) is 0 Å². The Labute approximate surface area is 128 Å². The molecule has 0 saturated carbocycles. The van der Waals surface area contributed by atoms with Gasteiger partial charge in [-0.3, -0.25) is 4.79 Å². The zero-order chi connectivity index (χ0) is 15.7. The minimum Gasteiger partial charge on any atom is -0.469 e. The van der Waals surface area contributed by atoms with Gasteiger partial charge in [0.15, 0.2) is 0 Å². The zero-order valence-electron chi connectivity index (χ0n) is 13.4. The van der Waals surface area contributed by atoms with Gasteiger partial charge in [0.05, 0.1) is 7.11 Å². The molecule has 3 heteroatoms. The number of hydrogen-bond acceptors (Lipinski definition) is 3. The van der Waals surface area contributed by atoms with Gasteiger partial charge < -0.3 is 10.5 Å². The van der Waals surface area contributed by atoms with Crippen molar-refractivity contribution >= 4 is 11.5 Å². The third-order valence-electron chi connectivity index (χ3n) is 3.48. The molecule has 3 nitrogen and oxygen atoms in total. The molecule has 0 bridgehead atoms. The van der Waals surface area contributed by atoms with Gasteiger partial charge in [-0.1, -0.05) is 30.3 Å². The summed E-state index contributed by atoms with van der Waals surface area (Å²) in [5.41, 5.74) is 9.61. The van der Waals surface area contributed by atoms with Crippen LogP contribution in [-0.2, 0) is 16.0 Å². The summed E-state index contributed by atoms with van der Waals surface area (Å²) in [5.74, 6) is -0.125. The quantitative estimate of drug-likeness (QED) is 0.586. The highest BCUT2D eigenvalue weighted by Gasteiger charge is 2.01. The third-order valence-corrected chi connectivity index (χ3v) is 3.48. The Balaban J connectivity index is 2.41. The SMILES string of the molecule is COC(=O)CCCCC=C(C)c1ccc(CC(C)N)cc1. The van der Waals surface area contributed by atoms with Crippen LogP contribution in [0.5, 0.6) is 0 Å². The van der Waals surface area contributed by atoms with Gasteiger partial charge in [-0.25, -0.2) is 0 Å². The number of rotatable bonds is 8. The first-order valence-electron chi connectivity index (χ1n) is 7.61. The maximum atomic E-state index is 11.0. The van der Waals surface area contributed by atoms with E-state index in [1.807, 2.05) is 6.92 Å². The molecule has 2 N–H and O–H groups in total. The van der Waals surface area contributed by atoms with Crippen LogP contribution in [0, 0.1) is 0 Å². The molecule has 0 radical (unpaired) electrons. The van der Waals surface area contributed by atoms with Crippen molar-refractivity contribution in [3.05, 3.63) is 41.5 Å². The number of carbonyl (C=O) groups is 1. The van der Waals surface area contributed by atoms with E-state index in [2.05, 4.69) is 42.0 Å². The Hall–Kier alpha value is -1.61. The molecule has 0 aliphatic heterocycles. The van der Waals surface area contributed by atoms with E-state index >= 15 is 0 Å². The maximum Gasteiger partial charge on any atom is 0.305 e. The molecule has 0 spiro atoms.